The summed E-state index contributed by atoms with van der Waals surface area (Å²) in [6.07, 6.45) is 3.23. The number of methoxy groups -OCH3 is 1. The molecule has 6 nitrogen and oxygen atoms in total. The van der Waals surface area contributed by atoms with Crippen LogP contribution in [0.4, 0.5) is 4.39 Å². The van der Waals surface area contributed by atoms with Crippen LogP contribution in [-0.2, 0) is 16.1 Å². The van der Waals surface area contributed by atoms with Crippen LogP contribution in [0.1, 0.15) is 22.7 Å². The number of hydrogen-bond donors (Lipinski definition) is 1. The lowest BCUT2D eigenvalue weighted by molar-refractivity contribution is -0.140. The maximum atomic E-state index is 14.2. The standard InChI is InChI=1S/C24H19FN2O4/c1-31-19-10-9-17(12-18(19)25)22(28)20-21(16-7-3-2-4-8-16)27(24(30)23(20)29)14-15-6-5-11-26-13-15/h2-13,21,28H,14H2,1H3/b22-20+. The number of carbonyl (C=O) groups is 2. The summed E-state index contributed by atoms with van der Waals surface area (Å²) in [7, 11) is 1.33. The minimum absolute atomic E-state index is 0.00758. The molecule has 1 N–H and O–H groups in total. The number of ketones is 1. The fourth-order valence-corrected chi connectivity index (χ4v) is 3.68. The first kappa shape index (κ1) is 20.3. The number of aliphatic hydroxyl groups is 1. The number of benzene rings is 2. The lowest BCUT2D eigenvalue weighted by atomic mass is 9.95. The third-order valence-electron chi connectivity index (χ3n) is 5.16. The number of aromatic nitrogens is 1. The Morgan fingerprint density at radius 1 is 1.13 bits per heavy atom. The summed E-state index contributed by atoms with van der Waals surface area (Å²) in [5.41, 5.74) is 1.38. The first-order valence-corrected chi connectivity index (χ1v) is 9.57. The Balaban J connectivity index is 1.85. The quantitative estimate of drug-likeness (QED) is 0.387. The van der Waals surface area contributed by atoms with E-state index in [1.54, 1.807) is 48.8 Å². The molecule has 0 saturated carbocycles. The summed E-state index contributed by atoms with van der Waals surface area (Å²) in [5.74, 6) is -2.69. The lowest BCUT2D eigenvalue weighted by Gasteiger charge is -2.25. The van der Waals surface area contributed by atoms with Gasteiger partial charge < -0.3 is 14.7 Å². The number of Topliss-reactive ketones (excluding diaryl/α,β-unsaturated/α-hetero) is 1. The lowest BCUT2D eigenvalue weighted by Crippen LogP contribution is -2.29. The molecule has 0 aliphatic carbocycles. The summed E-state index contributed by atoms with van der Waals surface area (Å²) in [6.45, 7) is 0.131. The summed E-state index contributed by atoms with van der Waals surface area (Å²) in [4.78, 5) is 31.3. The van der Waals surface area contributed by atoms with Crippen molar-refractivity contribution in [3.05, 3.63) is 101 Å². The SMILES string of the molecule is COc1ccc(/C(O)=C2\C(=O)C(=O)N(Cc3cccnc3)C2c2ccccc2)cc1F. The van der Waals surface area contributed by atoms with Gasteiger partial charge in [-0.05, 0) is 35.4 Å². The Morgan fingerprint density at radius 2 is 1.90 bits per heavy atom. The first-order chi connectivity index (χ1) is 15.0. The van der Waals surface area contributed by atoms with E-state index in [0.717, 1.165) is 11.6 Å². The van der Waals surface area contributed by atoms with Crippen LogP contribution < -0.4 is 4.74 Å². The molecule has 0 spiro atoms. The zero-order valence-electron chi connectivity index (χ0n) is 16.7. The molecule has 1 aliphatic heterocycles. The molecule has 1 amide bonds. The summed E-state index contributed by atoms with van der Waals surface area (Å²) < 4.78 is 19.1. The van der Waals surface area contributed by atoms with E-state index in [1.165, 1.54) is 24.1 Å². The zero-order valence-corrected chi connectivity index (χ0v) is 16.7. The van der Waals surface area contributed by atoms with Gasteiger partial charge in [0.15, 0.2) is 11.6 Å². The number of hydrogen-bond acceptors (Lipinski definition) is 5. The largest absolute Gasteiger partial charge is 0.507 e. The van der Waals surface area contributed by atoms with Crippen LogP contribution >= 0.6 is 0 Å². The Kier molecular flexibility index (Phi) is 5.49. The van der Waals surface area contributed by atoms with Crippen molar-refractivity contribution < 1.29 is 23.8 Å². The van der Waals surface area contributed by atoms with Crippen LogP contribution in [0.5, 0.6) is 5.75 Å². The van der Waals surface area contributed by atoms with E-state index in [9.17, 15) is 19.1 Å². The van der Waals surface area contributed by atoms with E-state index in [2.05, 4.69) is 4.98 Å². The third kappa shape index (κ3) is 3.77. The van der Waals surface area contributed by atoms with Gasteiger partial charge in [0.1, 0.15) is 5.76 Å². The van der Waals surface area contributed by atoms with Crippen molar-refractivity contribution >= 4 is 17.4 Å². The second-order valence-corrected chi connectivity index (χ2v) is 7.05. The Hall–Kier alpha value is -4.00. The highest BCUT2D eigenvalue weighted by atomic mass is 19.1. The van der Waals surface area contributed by atoms with Crippen molar-refractivity contribution in [1.29, 1.82) is 0 Å². The molecule has 156 valence electrons. The van der Waals surface area contributed by atoms with Gasteiger partial charge in [0.2, 0.25) is 0 Å². The van der Waals surface area contributed by atoms with Gasteiger partial charge in [-0.3, -0.25) is 14.6 Å². The van der Waals surface area contributed by atoms with Crippen LogP contribution in [0.15, 0.2) is 78.6 Å². The molecular formula is C24H19FN2O4. The summed E-state index contributed by atoms with van der Waals surface area (Å²) >= 11 is 0. The number of halogens is 1. The van der Waals surface area contributed by atoms with Crippen molar-refractivity contribution in [2.24, 2.45) is 0 Å². The minimum Gasteiger partial charge on any atom is -0.507 e. The molecule has 0 radical (unpaired) electrons. The zero-order chi connectivity index (χ0) is 22.0. The van der Waals surface area contributed by atoms with E-state index < -0.39 is 29.3 Å². The normalized spacial score (nSPS) is 17.7. The highest BCUT2D eigenvalue weighted by molar-refractivity contribution is 6.46. The van der Waals surface area contributed by atoms with Gasteiger partial charge in [-0.2, -0.15) is 0 Å². The Bertz CT molecular complexity index is 1160. The molecule has 31 heavy (non-hydrogen) atoms. The molecule has 1 saturated heterocycles. The molecule has 0 bridgehead atoms. The molecule has 2 aromatic carbocycles. The highest BCUT2D eigenvalue weighted by Gasteiger charge is 2.46. The van der Waals surface area contributed by atoms with Gasteiger partial charge in [-0.25, -0.2) is 4.39 Å². The molecule has 1 aromatic heterocycles. The number of likely N-dealkylation sites (tertiary alicyclic amines) is 1. The molecule has 2 heterocycles. The molecular weight excluding hydrogens is 399 g/mol. The smallest absolute Gasteiger partial charge is 0.295 e. The number of ether oxygens (including phenoxy) is 1. The van der Waals surface area contributed by atoms with E-state index >= 15 is 0 Å². The first-order valence-electron chi connectivity index (χ1n) is 9.57. The summed E-state index contributed by atoms with van der Waals surface area (Å²) in [6, 6.07) is 15.5. The number of rotatable bonds is 5. The van der Waals surface area contributed by atoms with Gasteiger partial charge in [0.05, 0.1) is 18.7 Å². The molecule has 1 atom stereocenters. The average molecular weight is 418 g/mol. The molecule has 7 heteroatoms. The molecule has 3 aromatic rings. The van der Waals surface area contributed by atoms with Gasteiger partial charge in [-0.15, -0.1) is 0 Å². The van der Waals surface area contributed by atoms with Gasteiger partial charge in [0, 0.05) is 24.5 Å². The van der Waals surface area contributed by atoms with Crippen LogP contribution in [0.25, 0.3) is 5.76 Å². The summed E-state index contributed by atoms with van der Waals surface area (Å²) in [5, 5.41) is 11.0. The Labute approximate surface area is 178 Å². The monoisotopic (exact) mass is 418 g/mol. The van der Waals surface area contributed by atoms with Crippen LogP contribution in [0.3, 0.4) is 0 Å². The molecule has 1 aliphatic rings. The Morgan fingerprint density at radius 3 is 2.55 bits per heavy atom. The predicted molar refractivity (Wildman–Crippen MR) is 111 cm³/mol. The number of carbonyl (C=O) groups excluding carboxylic acids is 2. The van der Waals surface area contributed by atoms with Crippen LogP contribution in [-0.4, -0.2) is 33.8 Å². The van der Waals surface area contributed by atoms with Gasteiger partial charge >= 0.3 is 0 Å². The van der Waals surface area contributed by atoms with E-state index in [1.807, 2.05) is 6.07 Å². The van der Waals surface area contributed by atoms with Gasteiger partial charge in [0.25, 0.3) is 11.7 Å². The molecule has 1 fully saturated rings. The number of amides is 1. The second kappa shape index (κ2) is 8.39. The maximum absolute atomic E-state index is 14.2. The number of aliphatic hydroxyl groups excluding tert-OH is 1. The number of nitrogens with zero attached hydrogens (tertiary/aromatic N) is 2. The highest BCUT2D eigenvalue weighted by Crippen LogP contribution is 2.40. The van der Waals surface area contributed by atoms with Crippen LogP contribution in [0, 0.1) is 5.82 Å². The maximum Gasteiger partial charge on any atom is 0.295 e. The predicted octanol–water partition coefficient (Wildman–Crippen LogP) is 3.85. The third-order valence-corrected chi connectivity index (χ3v) is 5.16. The topological polar surface area (TPSA) is 79.7 Å². The molecule has 4 rings (SSSR count). The van der Waals surface area contributed by atoms with Crippen molar-refractivity contribution in [1.82, 2.24) is 9.88 Å². The van der Waals surface area contributed by atoms with E-state index in [4.69, 9.17) is 4.74 Å². The fraction of sp³-hybridized carbons (Fsp3) is 0.125. The average Bonchev–Trinajstić information content (AvgIpc) is 3.04. The van der Waals surface area contributed by atoms with Crippen molar-refractivity contribution in [3.63, 3.8) is 0 Å². The van der Waals surface area contributed by atoms with Gasteiger partial charge in [-0.1, -0.05) is 36.4 Å². The second-order valence-electron chi connectivity index (χ2n) is 7.05. The molecule has 1 unspecified atom stereocenters. The minimum atomic E-state index is -0.827. The van der Waals surface area contributed by atoms with Crippen molar-refractivity contribution in [2.75, 3.05) is 7.11 Å². The van der Waals surface area contributed by atoms with Crippen LogP contribution in [0.2, 0.25) is 0 Å². The van der Waals surface area contributed by atoms with E-state index in [-0.39, 0.29) is 23.4 Å². The van der Waals surface area contributed by atoms with E-state index in [0.29, 0.717) is 5.56 Å². The number of pyridine rings is 1. The van der Waals surface area contributed by atoms with Crippen molar-refractivity contribution in [3.8, 4) is 5.75 Å². The van der Waals surface area contributed by atoms with Crippen molar-refractivity contribution in [2.45, 2.75) is 12.6 Å². The fourth-order valence-electron chi connectivity index (χ4n) is 3.68.